The molecule has 10 atom stereocenters. The van der Waals surface area contributed by atoms with E-state index in [2.05, 4.69) is 0 Å². The smallest absolute Gasteiger partial charge is 0.303 e. The maximum atomic E-state index is 14.3. The standard InChI is InChI=1S/C59H61NO12S/c1-3-73-59-50(60-56(62)46-31-19-20-32-47(46)57(60)63)53(70-40(2)61)51(65-34-42-23-11-5-12-24-42)49(72-59)39-69-58-55(68-37-45-29-17-8-18-30-45)54(67-36-44-27-15-7-16-28-44)52(66-35-43-25-13-6-14-26-43)48(71-58)38-64-33-41-21-9-4-10-22-41/h4-32,48-55,58-59H,3,33-39H2,1-2H3/t48-,49-,50-,51-,52-,53-,54+,55+,58?,59+/m1/s1. The molecule has 0 spiro atoms. The molecule has 2 fully saturated rings. The Labute approximate surface area is 430 Å². The van der Waals surface area contributed by atoms with Crippen LogP contribution in [-0.2, 0) is 80.5 Å². The van der Waals surface area contributed by atoms with E-state index >= 15 is 0 Å². The molecule has 0 saturated carbocycles. The Hall–Kier alpha value is -6.04. The van der Waals surface area contributed by atoms with Crippen molar-refractivity contribution in [2.75, 3.05) is 19.0 Å². The first-order valence-corrected chi connectivity index (χ1v) is 25.8. The SMILES string of the molecule is CCS[C@@H]1O[C@H](COC2O[C@H](COCc3ccccc3)[C@@H](OCc3ccccc3)[C@H](OCc3ccccc3)[C@@H]2OCc2ccccc2)[C@@H](OCc2ccccc2)[C@H](OC(C)=O)[C@H]1N1C(=O)c2ccccc2C1=O. The van der Waals surface area contributed by atoms with Gasteiger partial charge in [0.15, 0.2) is 12.4 Å². The van der Waals surface area contributed by atoms with Crippen LogP contribution in [-0.4, -0.2) is 102 Å². The second-order valence-electron chi connectivity index (χ2n) is 18.0. The quantitative estimate of drug-likeness (QED) is 0.0446. The van der Waals surface area contributed by atoms with Crippen LogP contribution < -0.4 is 0 Å². The third-order valence-electron chi connectivity index (χ3n) is 12.9. The highest BCUT2D eigenvalue weighted by Gasteiger charge is 2.57. The number of carbonyl (C=O) groups is 3. The molecule has 6 aromatic carbocycles. The lowest BCUT2D eigenvalue weighted by Gasteiger charge is -2.49. The van der Waals surface area contributed by atoms with E-state index < -0.39 is 78.3 Å². The Balaban J connectivity index is 1.07. The summed E-state index contributed by atoms with van der Waals surface area (Å²) in [7, 11) is 0. The first kappa shape index (κ1) is 51.8. The van der Waals surface area contributed by atoms with Crippen LogP contribution >= 0.6 is 11.8 Å². The number of hydrogen-bond acceptors (Lipinski definition) is 13. The normalized spacial score (nSPS) is 24.8. The first-order valence-electron chi connectivity index (χ1n) is 24.8. The van der Waals surface area contributed by atoms with Crippen LogP contribution in [0.1, 0.15) is 62.4 Å². The van der Waals surface area contributed by atoms with Gasteiger partial charge in [-0.05, 0) is 45.7 Å². The zero-order chi connectivity index (χ0) is 50.4. The molecule has 0 aliphatic carbocycles. The Morgan fingerprint density at radius 1 is 0.479 bits per heavy atom. The summed E-state index contributed by atoms with van der Waals surface area (Å²) in [6.07, 6.45) is -7.40. The average Bonchev–Trinajstić information content (AvgIpc) is 3.67. The number of benzene rings is 6. The minimum atomic E-state index is -1.18. The molecule has 3 heterocycles. The fraction of sp³-hybridized carbons (Fsp3) is 0.339. The van der Waals surface area contributed by atoms with Gasteiger partial charge in [-0.1, -0.05) is 171 Å². The summed E-state index contributed by atoms with van der Waals surface area (Å²) in [5.74, 6) is -1.10. The summed E-state index contributed by atoms with van der Waals surface area (Å²) in [5.41, 5.74) is 4.32. The number of imide groups is 1. The molecule has 380 valence electrons. The van der Waals surface area contributed by atoms with Gasteiger partial charge in [-0.3, -0.25) is 19.3 Å². The van der Waals surface area contributed by atoms with Crippen molar-refractivity contribution < 1.29 is 57.0 Å². The van der Waals surface area contributed by atoms with Gasteiger partial charge < -0.3 is 42.6 Å². The predicted octanol–water partition coefficient (Wildman–Crippen LogP) is 9.36. The molecule has 3 aliphatic rings. The van der Waals surface area contributed by atoms with Gasteiger partial charge in [0.1, 0.15) is 48.1 Å². The molecule has 6 aromatic rings. The minimum Gasteiger partial charge on any atom is -0.457 e. The van der Waals surface area contributed by atoms with Crippen molar-refractivity contribution in [2.24, 2.45) is 0 Å². The van der Waals surface area contributed by atoms with E-state index in [-0.39, 0.29) is 50.8 Å². The maximum Gasteiger partial charge on any atom is 0.303 e. The van der Waals surface area contributed by atoms with Crippen molar-refractivity contribution in [3.8, 4) is 0 Å². The van der Waals surface area contributed by atoms with Crippen LogP contribution in [0.2, 0.25) is 0 Å². The molecule has 0 bridgehead atoms. The number of nitrogens with zero attached hydrogens (tertiary/aromatic N) is 1. The first-order chi connectivity index (χ1) is 35.8. The van der Waals surface area contributed by atoms with Crippen LogP contribution in [0.5, 0.6) is 0 Å². The van der Waals surface area contributed by atoms with Crippen LogP contribution in [0.25, 0.3) is 0 Å². The van der Waals surface area contributed by atoms with Crippen LogP contribution in [0, 0.1) is 0 Å². The molecule has 2 saturated heterocycles. The van der Waals surface area contributed by atoms with E-state index in [1.54, 1.807) is 24.3 Å². The van der Waals surface area contributed by atoms with Gasteiger partial charge in [-0.15, -0.1) is 11.8 Å². The maximum absolute atomic E-state index is 14.3. The largest absolute Gasteiger partial charge is 0.457 e. The van der Waals surface area contributed by atoms with Gasteiger partial charge in [0.05, 0.1) is 57.4 Å². The van der Waals surface area contributed by atoms with Gasteiger partial charge in [0.2, 0.25) is 0 Å². The lowest BCUT2D eigenvalue weighted by Crippen LogP contribution is -2.66. The summed E-state index contributed by atoms with van der Waals surface area (Å²) in [6, 6.07) is 54.7. The lowest BCUT2D eigenvalue weighted by atomic mass is 9.95. The van der Waals surface area contributed by atoms with Crippen molar-refractivity contribution in [2.45, 2.75) is 107 Å². The van der Waals surface area contributed by atoms with E-state index in [4.69, 9.17) is 42.6 Å². The van der Waals surface area contributed by atoms with Crippen molar-refractivity contribution in [3.05, 3.63) is 215 Å². The lowest BCUT2D eigenvalue weighted by molar-refractivity contribution is -0.335. The number of hydrogen-bond donors (Lipinski definition) is 0. The second-order valence-corrected chi connectivity index (χ2v) is 19.4. The summed E-state index contributed by atoms with van der Waals surface area (Å²) in [6.45, 7) is 4.27. The summed E-state index contributed by atoms with van der Waals surface area (Å²) >= 11 is 1.39. The molecule has 14 heteroatoms. The molecule has 9 rings (SSSR count). The number of fused-ring (bicyclic) bond motifs is 1. The van der Waals surface area contributed by atoms with E-state index in [0.717, 1.165) is 27.8 Å². The van der Waals surface area contributed by atoms with Crippen LogP contribution in [0.15, 0.2) is 176 Å². The van der Waals surface area contributed by atoms with Crippen molar-refractivity contribution in [1.29, 1.82) is 0 Å². The van der Waals surface area contributed by atoms with E-state index in [0.29, 0.717) is 12.4 Å². The molecular formula is C59H61NO12S. The highest BCUT2D eigenvalue weighted by atomic mass is 32.2. The summed E-state index contributed by atoms with van der Waals surface area (Å²) in [5, 5.41) is 0. The number of ether oxygens (including phenoxy) is 9. The van der Waals surface area contributed by atoms with Gasteiger partial charge in [-0.2, -0.15) is 0 Å². The molecule has 73 heavy (non-hydrogen) atoms. The molecule has 13 nitrogen and oxygen atoms in total. The van der Waals surface area contributed by atoms with E-state index in [1.165, 1.54) is 23.6 Å². The Kier molecular flexibility index (Phi) is 18.3. The Bertz CT molecular complexity index is 2630. The number of thioether (sulfide) groups is 1. The predicted molar refractivity (Wildman–Crippen MR) is 274 cm³/mol. The molecule has 1 unspecified atom stereocenters. The van der Waals surface area contributed by atoms with Crippen LogP contribution in [0.4, 0.5) is 0 Å². The summed E-state index contributed by atoms with van der Waals surface area (Å²) in [4.78, 5) is 43.0. The van der Waals surface area contributed by atoms with Gasteiger partial charge in [-0.25, -0.2) is 0 Å². The highest BCUT2D eigenvalue weighted by Crippen LogP contribution is 2.40. The second kappa shape index (κ2) is 25.8. The Morgan fingerprint density at radius 2 is 0.877 bits per heavy atom. The molecule has 3 aliphatic heterocycles. The topological polar surface area (TPSA) is 138 Å². The van der Waals surface area contributed by atoms with Crippen molar-refractivity contribution in [3.63, 3.8) is 0 Å². The molecule has 0 radical (unpaired) electrons. The third kappa shape index (κ3) is 13.2. The fourth-order valence-electron chi connectivity index (χ4n) is 9.44. The van der Waals surface area contributed by atoms with Crippen LogP contribution in [0.3, 0.4) is 0 Å². The zero-order valence-electron chi connectivity index (χ0n) is 40.9. The minimum absolute atomic E-state index is 0.0863. The summed E-state index contributed by atoms with van der Waals surface area (Å²) < 4.78 is 61.2. The van der Waals surface area contributed by atoms with Crippen molar-refractivity contribution >= 4 is 29.5 Å². The van der Waals surface area contributed by atoms with Gasteiger partial charge in [0.25, 0.3) is 11.8 Å². The highest BCUT2D eigenvalue weighted by molar-refractivity contribution is 7.99. The molecular weight excluding hydrogens is 947 g/mol. The fourth-order valence-corrected chi connectivity index (χ4v) is 10.5. The van der Waals surface area contributed by atoms with E-state index in [1.807, 2.05) is 159 Å². The van der Waals surface area contributed by atoms with Gasteiger partial charge >= 0.3 is 5.97 Å². The number of amides is 2. The van der Waals surface area contributed by atoms with E-state index in [9.17, 15) is 14.4 Å². The molecule has 2 amide bonds. The third-order valence-corrected chi connectivity index (χ3v) is 14.0. The monoisotopic (exact) mass is 1010 g/mol. The average molecular weight is 1010 g/mol. The Morgan fingerprint density at radius 3 is 1.33 bits per heavy atom. The zero-order valence-corrected chi connectivity index (χ0v) is 41.7. The van der Waals surface area contributed by atoms with Gasteiger partial charge in [0, 0.05) is 6.92 Å². The number of rotatable bonds is 23. The number of esters is 1. The number of carbonyl (C=O) groups excluding carboxylic acids is 3. The molecule has 0 N–H and O–H groups in total. The molecule has 0 aromatic heterocycles. The van der Waals surface area contributed by atoms with Crippen molar-refractivity contribution in [1.82, 2.24) is 4.90 Å².